The molecule has 1 aromatic heterocycles. The molecule has 0 unspecified atom stereocenters. The quantitative estimate of drug-likeness (QED) is 0.791. The van der Waals surface area contributed by atoms with Crippen molar-refractivity contribution in [1.29, 1.82) is 0 Å². The minimum Gasteiger partial charge on any atom is -0.353 e. The number of carbonyl (C=O) groups is 1. The predicted octanol–water partition coefficient (Wildman–Crippen LogP) is 3.97. The van der Waals surface area contributed by atoms with Gasteiger partial charge in [-0.3, -0.25) is 4.79 Å². The predicted molar refractivity (Wildman–Crippen MR) is 91.3 cm³/mol. The van der Waals surface area contributed by atoms with Gasteiger partial charge in [-0.2, -0.15) is 0 Å². The Morgan fingerprint density at radius 3 is 2.43 bits per heavy atom. The van der Waals surface area contributed by atoms with Gasteiger partial charge < -0.3 is 5.32 Å². The molecular formula is C14H23N3OS3. The third kappa shape index (κ3) is 6.57. The molecule has 1 heterocycles. The van der Waals surface area contributed by atoms with E-state index in [4.69, 9.17) is 0 Å². The van der Waals surface area contributed by atoms with Crippen LogP contribution >= 0.6 is 34.9 Å². The molecule has 21 heavy (non-hydrogen) atoms. The van der Waals surface area contributed by atoms with E-state index in [1.165, 1.54) is 43.9 Å². The van der Waals surface area contributed by atoms with Gasteiger partial charge in [-0.25, -0.2) is 0 Å². The Kier molecular flexibility index (Phi) is 7.88. The van der Waals surface area contributed by atoms with Crippen molar-refractivity contribution in [3.05, 3.63) is 0 Å². The van der Waals surface area contributed by atoms with Crippen LogP contribution in [-0.4, -0.2) is 33.7 Å². The van der Waals surface area contributed by atoms with Gasteiger partial charge in [0.2, 0.25) is 5.91 Å². The first-order chi connectivity index (χ1) is 10.3. The van der Waals surface area contributed by atoms with Gasteiger partial charge in [-0.15, -0.1) is 10.2 Å². The molecule has 118 valence electrons. The third-order valence-electron chi connectivity index (χ3n) is 3.45. The van der Waals surface area contributed by atoms with E-state index < -0.39 is 0 Å². The maximum absolute atomic E-state index is 12.0. The van der Waals surface area contributed by atoms with Crippen LogP contribution in [-0.2, 0) is 4.79 Å². The van der Waals surface area contributed by atoms with E-state index in [1.807, 2.05) is 0 Å². The van der Waals surface area contributed by atoms with Crippen molar-refractivity contribution >= 4 is 40.8 Å². The molecule has 2 rings (SSSR count). The van der Waals surface area contributed by atoms with E-state index in [2.05, 4.69) is 22.4 Å². The van der Waals surface area contributed by atoms with Crippen molar-refractivity contribution in [2.75, 3.05) is 11.5 Å². The first-order valence-corrected chi connectivity index (χ1v) is 10.4. The normalized spacial score (nSPS) is 17.2. The van der Waals surface area contributed by atoms with Crippen molar-refractivity contribution in [3.8, 4) is 0 Å². The molecule has 1 amide bonds. The number of nitrogens with one attached hydrogen (secondary N) is 1. The number of carbonyl (C=O) groups excluding carboxylic acids is 1. The van der Waals surface area contributed by atoms with Crippen molar-refractivity contribution in [2.45, 2.75) is 66.6 Å². The van der Waals surface area contributed by atoms with Gasteiger partial charge in [-0.05, 0) is 18.6 Å². The number of aromatic nitrogens is 2. The fourth-order valence-electron chi connectivity index (χ4n) is 2.43. The van der Waals surface area contributed by atoms with Crippen molar-refractivity contribution in [1.82, 2.24) is 15.5 Å². The average Bonchev–Trinajstić information content (AvgIpc) is 2.88. The average molecular weight is 346 g/mol. The molecule has 0 atom stereocenters. The Morgan fingerprint density at radius 1 is 1.14 bits per heavy atom. The van der Waals surface area contributed by atoms with E-state index in [9.17, 15) is 4.79 Å². The molecule has 1 saturated carbocycles. The number of hydrogen-bond donors (Lipinski definition) is 1. The molecule has 0 aromatic carbocycles. The SMILES string of the molecule is CCSc1nnc(SCC(=O)NC2CCCCCCC2)s1. The zero-order valence-electron chi connectivity index (χ0n) is 12.5. The summed E-state index contributed by atoms with van der Waals surface area (Å²) in [4.78, 5) is 12.0. The lowest BCUT2D eigenvalue weighted by Crippen LogP contribution is -2.36. The standard InChI is InChI=1S/C14H23N3OS3/c1-2-19-13-16-17-14(21-13)20-10-12(18)15-11-8-6-4-3-5-7-9-11/h11H,2-10H2,1H3,(H,15,18). The fraction of sp³-hybridized carbons (Fsp3) is 0.786. The van der Waals surface area contributed by atoms with Crippen LogP contribution in [0.1, 0.15) is 51.9 Å². The summed E-state index contributed by atoms with van der Waals surface area (Å²) >= 11 is 4.76. The molecule has 0 radical (unpaired) electrons. The Morgan fingerprint density at radius 2 is 1.76 bits per heavy atom. The molecule has 1 fully saturated rings. The maximum Gasteiger partial charge on any atom is 0.230 e. The highest BCUT2D eigenvalue weighted by atomic mass is 32.2. The zero-order chi connectivity index (χ0) is 14.9. The fourth-order valence-corrected chi connectivity index (χ4v) is 5.16. The lowest BCUT2D eigenvalue weighted by atomic mass is 9.97. The van der Waals surface area contributed by atoms with E-state index in [-0.39, 0.29) is 5.91 Å². The van der Waals surface area contributed by atoms with Crippen LogP contribution in [0.4, 0.5) is 0 Å². The Hall–Kier alpha value is -0.270. The maximum atomic E-state index is 12.0. The number of hydrogen-bond acceptors (Lipinski definition) is 6. The highest BCUT2D eigenvalue weighted by Gasteiger charge is 2.15. The highest BCUT2D eigenvalue weighted by Crippen LogP contribution is 2.28. The first kappa shape index (κ1) is 17.1. The van der Waals surface area contributed by atoms with E-state index in [1.54, 1.807) is 23.1 Å². The lowest BCUT2D eigenvalue weighted by Gasteiger charge is -2.20. The molecule has 0 spiro atoms. The zero-order valence-corrected chi connectivity index (χ0v) is 14.9. The van der Waals surface area contributed by atoms with Crippen LogP contribution in [0.15, 0.2) is 8.68 Å². The lowest BCUT2D eigenvalue weighted by molar-refractivity contribution is -0.119. The summed E-state index contributed by atoms with van der Waals surface area (Å²) in [5, 5.41) is 11.4. The Labute approximate surface area is 139 Å². The molecule has 1 N–H and O–H groups in total. The minimum absolute atomic E-state index is 0.130. The van der Waals surface area contributed by atoms with Gasteiger partial charge in [0, 0.05) is 6.04 Å². The Balaban J connectivity index is 1.70. The van der Waals surface area contributed by atoms with Crippen molar-refractivity contribution in [2.24, 2.45) is 0 Å². The molecule has 0 bridgehead atoms. The number of amides is 1. The Bertz CT molecular complexity index is 431. The van der Waals surface area contributed by atoms with E-state index in [0.717, 1.165) is 27.3 Å². The van der Waals surface area contributed by atoms with Gasteiger partial charge >= 0.3 is 0 Å². The molecule has 7 heteroatoms. The van der Waals surface area contributed by atoms with Gasteiger partial charge in [0.25, 0.3) is 0 Å². The van der Waals surface area contributed by atoms with Crippen molar-refractivity contribution < 1.29 is 4.79 Å². The second-order valence-electron chi connectivity index (χ2n) is 5.17. The van der Waals surface area contributed by atoms with E-state index in [0.29, 0.717) is 11.8 Å². The number of nitrogens with zero attached hydrogens (tertiary/aromatic N) is 2. The smallest absolute Gasteiger partial charge is 0.230 e. The highest BCUT2D eigenvalue weighted by molar-refractivity contribution is 8.03. The molecule has 0 saturated heterocycles. The summed E-state index contributed by atoms with van der Waals surface area (Å²) in [6.07, 6.45) is 8.72. The van der Waals surface area contributed by atoms with Gasteiger partial charge in [-0.1, -0.05) is 73.9 Å². The third-order valence-corrected chi connectivity index (χ3v) is 6.52. The van der Waals surface area contributed by atoms with Gasteiger partial charge in [0.05, 0.1) is 5.75 Å². The van der Waals surface area contributed by atoms with Gasteiger partial charge in [0.1, 0.15) is 0 Å². The van der Waals surface area contributed by atoms with Gasteiger partial charge in [0.15, 0.2) is 8.68 Å². The summed E-state index contributed by atoms with van der Waals surface area (Å²) in [7, 11) is 0. The number of rotatable bonds is 6. The largest absolute Gasteiger partial charge is 0.353 e. The molecule has 4 nitrogen and oxygen atoms in total. The van der Waals surface area contributed by atoms with Crippen LogP contribution in [0, 0.1) is 0 Å². The number of thioether (sulfide) groups is 2. The van der Waals surface area contributed by atoms with Crippen LogP contribution < -0.4 is 5.32 Å². The monoisotopic (exact) mass is 345 g/mol. The topological polar surface area (TPSA) is 54.9 Å². The van der Waals surface area contributed by atoms with Crippen molar-refractivity contribution in [3.63, 3.8) is 0 Å². The summed E-state index contributed by atoms with van der Waals surface area (Å²) < 4.78 is 1.87. The molecule has 1 aliphatic carbocycles. The summed E-state index contributed by atoms with van der Waals surface area (Å²) in [5.74, 6) is 1.58. The van der Waals surface area contributed by atoms with Crippen LogP contribution in [0.3, 0.4) is 0 Å². The molecule has 1 aromatic rings. The molecular weight excluding hydrogens is 322 g/mol. The molecule has 0 aliphatic heterocycles. The second-order valence-corrected chi connectivity index (χ2v) is 8.88. The van der Waals surface area contributed by atoms with Crippen LogP contribution in [0.2, 0.25) is 0 Å². The minimum atomic E-state index is 0.130. The summed E-state index contributed by atoms with van der Waals surface area (Å²) in [6, 6.07) is 0.374. The van der Waals surface area contributed by atoms with Crippen LogP contribution in [0.5, 0.6) is 0 Å². The summed E-state index contributed by atoms with van der Waals surface area (Å²) in [6.45, 7) is 2.10. The van der Waals surface area contributed by atoms with Crippen LogP contribution in [0.25, 0.3) is 0 Å². The van der Waals surface area contributed by atoms with E-state index >= 15 is 0 Å². The summed E-state index contributed by atoms with van der Waals surface area (Å²) in [5.41, 5.74) is 0. The first-order valence-electron chi connectivity index (χ1n) is 7.66. The second kappa shape index (κ2) is 9.69. The molecule has 1 aliphatic rings.